The van der Waals surface area contributed by atoms with Crippen LogP contribution in [0.1, 0.15) is 79.1 Å². The van der Waals surface area contributed by atoms with E-state index in [-0.39, 0.29) is 43.5 Å². The summed E-state index contributed by atoms with van der Waals surface area (Å²) in [5.41, 5.74) is -6.79. The fourth-order valence-electron chi connectivity index (χ4n) is 9.01. The molecule has 5 rings (SSSR count). The number of rotatable bonds is 15. The van der Waals surface area contributed by atoms with Crippen LogP contribution in [0.15, 0.2) is 84.1 Å². The first-order chi connectivity index (χ1) is 25.4. The van der Waals surface area contributed by atoms with Crippen LogP contribution in [0.25, 0.3) is 0 Å². The van der Waals surface area contributed by atoms with Crippen molar-refractivity contribution in [2.75, 3.05) is 27.8 Å². The number of Topliss-reactive ketones (excluding diaryl/α,β-unsaturated/α-hetero) is 1. The van der Waals surface area contributed by atoms with Gasteiger partial charge >= 0.3 is 15.6 Å². The predicted molar refractivity (Wildman–Crippen MR) is 201 cm³/mol. The Labute approximate surface area is 318 Å². The molecule has 14 heteroatoms. The topological polar surface area (TPSA) is 107 Å². The normalized spacial score (nSPS) is 26.9. The van der Waals surface area contributed by atoms with Crippen LogP contribution in [0.3, 0.4) is 0 Å². The zero-order valence-corrected chi connectivity index (χ0v) is 33.8. The van der Waals surface area contributed by atoms with Crippen molar-refractivity contribution < 1.29 is 53.9 Å². The molecule has 2 saturated carbocycles. The van der Waals surface area contributed by atoms with Crippen molar-refractivity contribution in [1.82, 2.24) is 0 Å². The van der Waals surface area contributed by atoms with Gasteiger partial charge in [0.15, 0.2) is 11.5 Å². The van der Waals surface area contributed by atoms with Gasteiger partial charge in [-0.25, -0.2) is 0 Å². The van der Waals surface area contributed by atoms with E-state index < -0.39 is 64.6 Å². The third-order valence-electron chi connectivity index (χ3n) is 11.6. The standard InChI is InChI=1S/C40H53F3O9SSi/c1-28-34(52-54(37(2,3)4,29-15-10-8-11-16-29)30-17-12-9-13-18-30)19-14-23-39(28,50-27-48-7)24-22-31-32-20-21-35(49-26-47-6)38(32,5)25-33(44)36(31)51-53(45,46)40(41,42)43/h8-13,15-18,32,34-35H,1,14,19-27H2,2-7H3/t32-,34-,35-,38-,39-/m0/s1. The largest absolute Gasteiger partial charge is 0.534 e. The van der Waals surface area contributed by atoms with Crippen LogP contribution < -0.4 is 10.4 Å². The number of hydrogen-bond donors (Lipinski definition) is 0. The molecule has 5 atom stereocenters. The molecular formula is C40H53F3O9SSi. The van der Waals surface area contributed by atoms with Gasteiger partial charge in [0.2, 0.25) is 0 Å². The first-order valence-electron chi connectivity index (χ1n) is 18.4. The second-order valence-electron chi connectivity index (χ2n) is 15.9. The quantitative estimate of drug-likeness (QED) is 0.0604. The van der Waals surface area contributed by atoms with Crippen molar-refractivity contribution in [3.63, 3.8) is 0 Å². The van der Waals surface area contributed by atoms with Gasteiger partial charge in [0.05, 0.1) is 17.8 Å². The first-order valence-corrected chi connectivity index (χ1v) is 21.7. The summed E-state index contributed by atoms with van der Waals surface area (Å²) >= 11 is 0. The minimum atomic E-state index is -6.13. The number of hydrogen-bond acceptors (Lipinski definition) is 9. The van der Waals surface area contributed by atoms with E-state index in [0.29, 0.717) is 37.7 Å². The molecule has 298 valence electrons. The maximum atomic E-state index is 13.7. The molecule has 0 amide bonds. The highest BCUT2D eigenvalue weighted by atomic mass is 32.2. The fourth-order valence-corrected chi connectivity index (χ4v) is 14.2. The highest BCUT2D eigenvalue weighted by Crippen LogP contribution is 2.57. The molecule has 0 bridgehead atoms. The van der Waals surface area contributed by atoms with Crippen LogP contribution in [0.5, 0.6) is 0 Å². The van der Waals surface area contributed by atoms with Crippen LogP contribution in [-0.2, 0) is 42.5 Å². The summed E-state index contributed by atoms with van der Waals surface area (Å²) in [6.07, 6.45) is 1.74. The van der Waals surface area contributed by atoms with Gasteiger partial charge in [-0.05, 0) is 77.4 Å². The summed E-state index contributed by atoms with van der Waals surface area (Å²) in [6.45, 7) is 12.9. The lowest BCUT2D eigenvalue weighted by Crippen LogP contribution is -2.68. The van der Waals surface area contributed by atoms with Gasteiger partial charge in [-0.2, -0.15) is 21.6 Å². The monoisotopic (exact) mass is 794 g/mol. The van der Waals surface area contributed by atoms with E-state index in [2.05, 4.69) is 51.6 Å². The Bertz CT molecular complexity index is 1740. The Kier molecular flexibility index (Phi) is 12.8. The van der Waals surface area contributed by atoms with Crippen molar-refractivity contribution in [3.8, 4) is 0 Å². The zero-order valence-electron chi connectivity index (χ0n) is 32.0. The Hall–Kier alpha value is -2.85. The highest BCUT2D eigenvalue weighted by molar-refractivity contribution is 7.87. The molecule has 0 heterocycles. The van der Waals surface area contributed by atoms with Gasteiger partial charge in [-0.3, -0.25) is 4.79 Å². The number of ether oxygens (including phenoxy) is 4. The number of halogens is 3. The van der Waals surface area contributed by atoms with Crippen LogP contribution in [0.2, 0.25) is 5.04 Å². The van der Waals surface area contributed by atoms with Gasteiger partial charge in [0.1, 0.15) is 13.6 Å². The smallest absolute Gasteiger partial charge is 0.401 e. The fraction of sp³-hybridized carbons (Fsp3) is 0.575. The van der Waals surface area contributed by atoms with E-state index in [9.17, 15) is 26.4 Å². The SMILES string of the molecule is C=C1[C@@H](O[Si](c2ccccc2)(c2ccccc2)C(C)(C)C)CCC[C@@]1(CCC1=C(OS(=O)(=O)C(F)(F)F)C(=O)C[C@]2(C)[C@@H](OCOC)CC[C@@H]12)OCOC. The summed E-state index contributed by atoms with van der Waals surface area (Å²) in [6, 6.07) is 20.4. The minimum absolute atomic E-state index is 0.000369. The molecule has 0 saturated heterocycles. The number of benzene rings is 2. The second kappa shape index (κ2) is 16.3. The predicted octanol–water partition coefficient (Wildman–Crippen LogP) is 7.31. The molecule has 0 aromatic heterocycles. The lowest BCUT2D eigenvalue weighted by atomic mass is 9.65. The summed E-state index contributed by atoms with van der Waals surface area (Å²) in [5.74, 6) is -2.10. The Morgan fingerprint density at radius 1 is 0.907 bits per heavy atom. The van der Waals surface area contributed by atoms with E-state index in [4.69, 9.17) is 27.6 Å². The van der Waals surface area contributed by atoms with Gasteiger partial charge in [0, 0.05) is 26.1 Å². The molecule has 0 aliphatic heterocycles. The van der Waals surface area contributed by atoms with E-state index in [1.54, 1.807) is 0 Å². The van der Waals surface area contributed by atoms with Crippen molar-refractivity contribution in [1.29, 1.82) is 0 Å². The van der Waals surface area contributed by atoms with Crippen LogP contribution in [0.4, 0.5) is 13.2 Å². The average Bonchev–Trinajstić information content (AvgIpc) is 3.44. The minimum Gasteiger partial charge on any atom is -0.401 e. The molecule has 2 fully saturated rings. The van der Waals surface area contributed by atoms with Crippen molar-refractivity contribution in [2.24, 2.45) is 11.3 Å². The number of ketones is 1. The molecule has 2 aromatic carbocycles. The van der Waals surface area contributed by atoms with Crippen LogP contribution in [-0.4, -0.2) is 73.6 Å². The van der Waals surface area contributed by atoms with E-state index in [0.717, 1.165) is 10.4 Å². The summed E-state index contributed by atoms with van der Waals surface area (Å²) in [7, 11) is -6.22. The Morgan fingerprint density at radius 2 is 1.50 bits per heavy atom. The molecule has 0 N–H and O–H groups in total. The first kappa shape index (κ1) is 42.3. The lowest BCUT2D eigenvalue weighted by Gasteiger charge is -2.50. The number of methoxy groups -OCH3 is 2. The highest BCUT2D eigenvalue weighted by Gasteiger charge is 2.58. The number of fused-ring (bicyclic) bond motifs is 1. The maximum Gasteiger partial charge on any atom is 0.534 e. The molecule has 3 aliphatic rings. The number of alkyl halides is 3. The average molecular weight is 795 g/mol. The van der Waals surface area contributed by atoms with Gasteiger partial charge < -0.3 is 27.6 Å². The van der Waals surface area contributed by atoms with Crippen molar-refractivity contribution in [3.05, 3.63) is 84.1 Å². The molecule has 9 nitrogen and oxygen atoms in total. The summed E-state index contributed by atoms with van der Waals surface area (Å²) < 4.78 is 101. The van der Waals surface area contributed by atoms with Gasteiger partial charge in [-0.15, -0.1) is 0 Å². The maximum absolute atomic E-state index is 13.7. The van der Waals surface area contributed by atoms with Crippen LogP contribution >= 0.6 is 0 Å². The van der Waals surface area contributed by atoms with E-state index >= 15 is 0 Å². The number of allylic oxidation sites excluding steroid dienone is 2. The Balaban J connectivity index is 1.57. The van der Waals surface area contributed by atoms with Crippen molar-refractivity contribution >= 4 is 34.6 Å². The number of carbonyl (C=O) groups is 1. The third-order valence-corrected chi connectivity index (χ3v) is 17.6. The zero-order chi connectivity index (χ0) is 39.6. The Morgan fingerprint density at radius 3 is 2.04 bits per heavy atom. The molecule has 0 radical (unpaired) electrons. The molecule has 54 heavy (non-hydrogen) atoms. The van der Waals surface area contributed by atoms with E-state index in [1.807, 2.05) is 43.3 Å². The molecule has 2 aromatic rings. The van der Waals surface area contributed by atoms with Crippen LogP contribution in [0, 0.1) is 11.3 Å². The number of carbonyl (C=O) groups excluding carboxylic acids is 1. The lowest BCUT2D eigenvalue weighted by molar-refractivity contribution is -0.136. The van der Waals surface area contributed by atoms with Gasteiger partial charge in [0.25, 0.3) is 8.32 Å². The third kappa shape index (κ3) is 8.03. The summed E-state index contributed by atoms with van der Waals surface area (Å²) in [5, 5.41) is 1.85. The molecule has 3 aliphatic carbocycles. The molecular weight excluding hydrogens is 742 g/mol. The van der Waals surface area contributed by atoms with Gasteiger partial charge in [-0.1, -0.05) is 94.9 Å². The van der Waals surface area contributed by atoms with Crippen molar-refractivity contribution in [2.45, 2.75) is 107 Å². The van der Waals surface area contributed by atoms with E-state index in [1.165, 1.54) is 14.2 Å². The molecule has 0 unspecified atom stereocenters. The second-order valence-corrected chi connectivity index (χ2v) is 21.7. The molecule has 0 spiro atoms. The summed E-state index contributed by atoms with van der Waals surface area (Å²) in [4.78, 5) is 13.7.